The van der Waals surface area contributed by atoms with Crippen LogP contribution in [0.1, 0.15) is 15.9 Å². The van der Waals surface area contributed by atoms with Crippen molar-refractivity contribution in [3.05, 3.63) is 69.8 Å². The molecule has 2 rings (SSSR count). The van der Waals surface area contributed by atoms with Crippen LogP contribution < -0.4 is 5.43 Å². The number of amides is 1. The molecule has 0 atom stereocenters. The van der Waals surface area contributed by atoms with Crippen LogP contribution in [0.3, 0.4) is 0 Å². The minimum absolute atomic E-state index is 0.0645. The van der Waals surface area contributed by atoms with E-state index in [4.69, 9.17) is 5.11 Å². The fraction of sp³-hybridized carbons (Fsp3) is 0. The van der Waals surface area contributed by atoms with Gasteiger partial charge >= 0.3 is 0 Å². The number of nitrogens with zero attached hydrogens (tertiary/aromatic N) is 2. The van der Waals surface area contributed by atoms with E-state index in [9.17, 15) is 14.9 Å². The van der Waals surface area contributed by atoms with Gasteiger partial charge in [-0.15, -0.1) is 0 Å². The van der Waals surface area contributed by atoms with Crippen LogP contribution in [0.5, 0.6) is 5.75 Å². The predicted octanol–water partition coefficient (Wildman–Crippen LogP) is 2.06. The van der Waals surface area contributed by atoms with Crippen LogP contribution in [0.15, 0.2) is 53.6 Å². The molecule has 0 fully saturated rings. The third kappa shape index (κ3) is 3.63. The maximum absolute atomic E-state index is 11.8. The summed E-state index contributed by atoms with van der Waals surface area (Å²) in [6.07, 6.45) is 1.37. The molecule has 0 aliphatic rings. The molecule has 7 heteroatoms. The number of rotatable bonds is 4. The van der Waals surface area contributed by atoms with E-state index in [2.05, 4.69) is 10.5 Å². The van der Waals surface area contributed by atoms with Crippen LogP contribution in [-0.2, 0) is 0 Å². The quantitative estimate of drug-likeness (QED) is 0.509. The molecule has 0 saturated carbocycles. The first-order valence-electron chi connectivity index (χ1n) is 5.94. The highest BCUT2D eigenvalue weighted by Gasteiger charge is 2.18. The summed E-state index contributed by atoms with van der Waals surface area (Å²) < 4.78 is 0. The molecule has 0 aliphatic carbocycles. The zero-order chi connectivity index (χ0) is 15.2. The minimum Gasteiger partial charge on any atom is -0.508 e. The zero-order valence-corrected chi connectivity index (χ0v) is 10.8. The molecule has 0 saturated heterocycles. The molecule has 0 aliphatic heterocycles. The van der Waals surface area contributed by atoms with E-state index < -0.39 is 10.8 Å². The van der Waals surface area contributed by atoms with Gasteiger partial charge in [0.1, 0.15) is 11.3 Å². The first-order valence-corrected chi connectivity index (χ1v) is 5.94. The van der Waals surface area contributed by atoms with Gasteiger partial charge in [-0.05, 0) is 35.9 Å². The van der Waals surface area contributed by atoms with Crippen molar-refractivity contribution in [1.82, 2.24) is 5.43 Å². The van der Waals surface area contributed by atoms with Crippen molar-refractivity contribution in [2.75, 3.05) is 0 Å². The Kier molecular flexibility index (Phi) is 4.25. The van der Waals surface area contributed by atoms with Gasteiger partial charge in [0, 0.05) is 6.07 Å². The van der Waals surface area contributed by atoms with Crippen molar-refractivity contribution >= 4 is 17.8 Å². The first-order chi connectivity index (χ1) is 10.1. The van der Waals surface area contributed by atoms with Gasteiger partial charge < -0.3 is 5.11 Å². The van der Waals surface area contributed by atoms with E-state index in [1.54, 1.807) is 12.1 Å². The number of hydrogen-bond acceptors (Lipinski definition) is 5. The van der Waals surface area contributed by atoms with Crippen molar-refractivity contribution in [2.45, 2.75) is 0 Å². The second kappa shape index (κ2) is 6.29. The van der Waals surface area contributed by atoms with Crippen molar-refractivity contribution in [2.24, 2.45) is 5.10 Å². The number of phenolic OH excluding ortho intramolecular Hbond substituents is 1. The molecule has 7 nitrogen and oxygen atoms in total. The van der Waals surface area contributed by atoms with Crippen molar-refractivity contribution in [3.8, 4) is 5.75 Å². The number of carbonyl (C=O) groups excluding carboxylic acids is 1. The number of nitro groups is 1. The molecular formula is C14H11N3O4. The Bertz CT molecular complexity index is 696. The number of hydrazone groups is 1. The molecule has 0 bridgehead atoms. The second-order valence-corrected chi connectivity index (χ2v) is 4.06. The summed E-state index contributed by atoms with van der Waals surface area (Å²) in [5.74, 6) is -0.548. The third-order valence-electron chi connectivity index (χ3n) is 2.62. The molecule has 2 aromatic carbocycles. The Morgan fingerprint density at radius 1 is 1.19 bits per heavy atom. The molecule has 0 radical (unpaired) electrons. The summed E-state index contributed by atoms with van der Waals surface area (Å²) in [5.41, 5.74) is 2.54. The monoisotopic (exact) mass is 285 g/mol. The van der Waals surface area contributed by atoms with E-state index in [1.807, 2.05) is 0 Å². The highest BCUT2D eigenvalue weighted by Crippen LogP contribution is 2.17. The molecule has 106 valence electrons. The largest absolute Gasteiger partial charge is 0.508 e. The summed E-state index contributed by atoms with van der Waals surface area (Å²) in [7, 11) is 0. The highest BCUT2D eigenvalue weighted by atomic mass is 16.6. The van der Waals surface area contributed by atoms with Crippen molar-refractivity contribution < 1.29 is 14.8 Å². The Labute approximate surface area is 119 Å². The summed E-state index contributed by atoms with van der Waals surface area (Å²) in [5, 5.41) is 23.7. The summed E-state index contributed by atoms with van der Waals surface area (Å²) in [6, 6.07) is 11.8. The summed E-state index contributed by atoms with van der Waals surface area (Å²) in [6.45, 7) is 0. The average Bonchev–Trinajstić information content (AvgIpc) is 2.49. The molecule has 0 aromatic heterocycles. The summed E-state index contributed by atoms with van der Waals surface area (Å²) in [4.78, 5) is 22.0. The lowest BCUT2D eigenvalue weighted by Crippen LogP contribution is -2.18. The zero-order valence-electron chi connectivity index (χ0n) is 10.8. The van der Waals surface area contributed by atoms with Crippen LogP contribution in [0.2, 0.25) is 0 Å². The number of aromatic hydroxyl groups is 1. The molecule has 0 unspecified atom stereocenters. The SMILES string of the molecule is O=C(NN=Cc1ccc(O)cc1)c1ccccc1[N+](=O)[O-]. The molecule has 21 heavy (non-hydrogen) atoms. The molecule has 2 N–H and O–H groups in total. The standard InChI is InChI=1S/C14H11N3O4/c18-11-7-5-10(6-8-11)9-15-16-14(19)12-3-1-2-4-13(12)17(20)21/h1-9,18H,(H,16,19). The van der Waals surface area contributed by atoms with Crippen molar-refractivity contribution in [1.29, 1.82) is 0 Å². The molecule has 0 heterocycles. The van der Waals surface area contributed by atoms with Gasteiger partial charge in [0.15, 0.2) is 0 Å². The van der Waals surface area contributed by atoms with E-state index in [0.29, 0.717) is 5.56 Å². The van der Waals surface area contributed by atoms with Crippen LogP contribution in [-0.4, -0.2) is 22.2 Å². The van der Waals surface area contributed by atoms with Crippen molar-refractivity contribution in [3.63, 3.8) is 0 Å². The number of carbonyl (C=O) groups is 1. The lowest BCUT2D eigenvalue weighted by molar-refractivity contribution is -0.385. The topological polar surface area (TPSA) is 105 Å². The number of para-hydroxylation sites is 1. The van der Waals surface area contributed by atoms with E-state index >= 15 is 0 Å². The smallest absolute Gasteiger partial charge is 0.282 e. The Morgan fingerprint density at radius 2 is 1.86 bits per heavy atom. The fourth-order valence-corrected chi connectivity index (χ4v) is 1.61. The average molecular weight is 285 g/mol. The van der Waals surface area contributed by atoms with E-state index in [-0.39, 0.29) is 17.0 Å². The number of nitro benzene ring substituents is 1. The number of benzene rings is 2. The fourth-order valence-electron chi connectivity index (χ4n) is 1.61. The number of hydrogen-bond donors (Lipinski definition) is 2. The van der Waals surface area contributed by atoms with Crippen LogP contribution in [0.4, 0.5) is 5.69 Å². The maximum atomic E-state index is 11.8. The van der Waals surface area contributed by atoms with Crippen LogP contribution in [0.25, 0.3) is 0 Å². The molecule has 1 amide bonds. The molecule has 2 aromatic rings. The molecule has 0 spiro atoms. The normalized spacial score (nSPS) is 10.5. The van der Waals surface area contributed by atoms with Gasteiger partial charge in [0.25, 0.3) is 11.6 Å². The van der Waals surface area contributed by atoms with E-state index in [0.717, 1.165) is 0 Å². The van der Waals surface area contributed by atoms with Crippen LogP contribution >= 0.6 is 0 Å². The number of phenols is 1. The first kappa shape index (κ1) is 14.2. The van der Waals surface area contributed by atoms with Gasteiger partial charge in [-0.1, -0.05) is 12.1 Å². The Hall–Kier alpha value is -3.22. The lowest BCUT2D eigenvalue weighted by atomic mass is 10.2. The highest BCUT2D eigenvalue weighted by molar-refractivity contribution is 5.98. The van der Waals surface area contributed by atoms with E-state index in [1.165, 1.54) is 42.6 Å². The van der Waals surface area contributed by atoms with Gasteiger partial charge in [0.2, 0.25) is 0 Å². The Morgan fingerprint density at radius 3 is 2.52 bits per heavy atom. The van der Waals surface area contributed by atoms with Gasteiger partial charge in [-0.2, -0.15) is 5.10 Å². The van der Waals surface area contributed by atoms with Gasteiger partial charge in [-0.3, -0.25) is 14.9 Å². The van der Waals surface area contributed by atoms with Gasteiger partial charge in [-0.25, -0.2) is 5.43 Å². The third-order valence-corrected chi connectivity index (χ3v) is 2.62. The Balaban J connectivity index is 2.08. The predicted molar refractivity (Wildman–Crippen MR) is 76.3 cm³/mol. The minimum atomic E-state index is -0.669. The van der Waals surface area contributed by atoms with Gasteiger partial charge in [0.05, 0.1) is 11.1 Å². The molecular weight excluding hydrogens is 274 g/mol. The van der Waals surface area contributed by atoms with Crippen LogP contribution in [0, 0.1) is 10.1 Å². The lowest BCUT2D eigenvalue weighted by Gasteiger charge is -2.01. The summed E-state index contributed by atoms with van der Waals surface area (Å²) >= 11 is 0. The second-order valence-electron chi connectivity index (χ2n) is 4.06. The maximum Gasteiger partial charge on any atom is 0.282 e. The number of nitrogens with one attached hydrogen (secondary N) is 1.